The van der Waals surface area contributed by atoms with E-state index in [4.69, 9.17) is 39.8 Å². The van der Waals surface area contributed by atoms with Crippen molar-refractivity contribution in [2.24, 2.45) is 11.5 Å². The average Bonchev–Trinajstić information content (AvgIpc) is 1.99. The highest BCUT2D eigenvalue weighted by Crippen LogP contribution is 2.22. The molecule has 0 aromatic carbocycles. The molecule has 0 aliphatic carbocycles. The number of carbonyl (C=O) groups is 1. The summed E-state index contributed by atoms with van der Waals surface area (Å²) in [5.41, 5.74) is 9.07. The highest BCUT2D eigenvalue weighted by molar-refractivity contribution is 6.46. The lowest BCUT2D eigenvalue weighted by molar-refractivity contribution is -0.143. The Morgan fingerprint density at radius 1 is 1.58 bits per heavy atom. The molecule has 0 aromatic heterocycles. The lowest BCUT2D eigenvalue weighted by Gasteiger charge is -2.25. The molecule has 1 atom stereocenters. The van der Waals surface area contributed by atoms with Crippen molar-refractivity contribution in [2.75, 3.05) is 6.54 Å². The first-order valence-electron chi connectivity index (χ1n) is 3.45. The van der Waals surface area contributed by atoms with Gasteiger partial charge in [-0.25, -0.2) is 0 Å². The van der Waals surface area contributed by atoms with E-state index in [1.165, 1.54) is 0 Å². The molecule has 0 aromatic rings. The number of aliphatic carboxylic acids is 1. The van der Waals surface area contributed by atoms with Gasteiger partial charge in [-0.3, -0.25) is 4.79 Å². The Kier molecular flexibility index (Phi) is 4.85. The summed E-state index contributed by atoms with van der Waals surface area (Å²) in [5, 5.41) is 8.69. The molecule has 0 saturated carbocycles. The lowest BCUT2D eigenvalue weighted by atomic mass is 9.97. The van der Waals surface area contributed by atoms with Crippen molar-refractivity contribution in [2.45, 2.75) is 23.2 Å². The molecule has 0 aliphatic heterocycles. The van der Waals surface area contributed by atoms with Gasteiger partial charge in [0.25, 0.3) is 0 Å². The first-order chi connectivity index (χ1) is 5.45. The number of hydrogen-bond acceptors (Lipinski definition) is 3. The van der Waals surface area contributed by atoms with Crippen LogP contribution in [0.4, 0.5) is 0 Å². The summed E-state index contributed by atoms with van der Waals surface area (Å²) in [6.07, 6.45) is 0.662. The van der Waals surface area contributed by atoms with Gasteiger partial charge in [0.15, 0.2) is 0 Å². The van der Waals surface area contributed by atoms with Gasteiger partial charge in [-0.15, -0.1) is 23.2 Å². The predicted octanol–water partition coefficient (Wildman–Crippen LogP) is 0.311. The molecule has 0 bridgehead atoms. The molecule has 0 saturated heterocycles. The third-order valence-electron chi connectivity index (χ3n) is 1.58. The maximum Gasteiger partial charge on any atom is 0.326 e. The summed E-state index contributed by atoms with van der Waals surface area (Å²) >= 11 is 10.9. The van der Waals surface area contributed by atoms with Gasteiger partial charge in [0, 0.05) is 0 Å². The molecular formula is C6H12Cl2N2O2. The third-order valence-corrected chi connectivity index (χ3v) is 2.36. The molecule has 0 unspecified atom stereocenters. The van der Waals surface area contributed by atoms with Gasteiger partial charge >= 0.3 is 5.97 Å². The quantitative estimate of drug-likeness (QED) is 0.576. The van der Waals surface area contributed by atoms with Crippen LogP contribution in [-0.2, 0) is 4.79 Å². The summed E-state index contributed by atoms with van der Waals surface area (Å²) in [7, 11) is 0. The minimum Gasteiger partial charge on any atom is -0.480 e. The van der Waals surface area contributed by atoms with E-state index in [1.54, 1.807) is 0 Å². The summed E-state index contributed by atoms with van der Waals surface area (Å²) in [6, 6.07) is 0. The molecule has 0 fully saturated rings. The smallest absolute Gasteiger partial charge is 0.326 e. The molecule has 4 nitrogen and oxygen atoms in total. The van der Waals surface area contributed by atoms with Gasteiger partial charge in [-0.05, 0) is 19.4 Å². The first kappa shape index (κ1) is 12.0. The van der Waals surface area contributed by atoms with Crippen molar-refractivity contribution in [1.82, 2.24) is 0 Å². The fourth-order valence-corrected chi connectivity index (χ4v) is 1.11. The van der Waals surface area contributed by atoms with Crippen molar-refractivity contribution in [1.29, 1.82) is 0 Å². The minimum atomic E-state index is -1.58. The van der Waals surface area contributed by atoms with Crippen LogP contribution in [0.1, 0.15) is 12.8 Å². The Bertz CT molecular complexity index is 166. The fraction of sp³-hybridized carbons (Fsp3) is 0.833. The maximum atomic E-state index is 10.6. The Morgan fingerprint density at radius 3 is 2.33 bits per heavy atom. The molecule has 72 valence electrons. The highest BCUT2D eigenvalue weighted by Gasteiger charge is 2.39. The number of alkyl halides is 2. The summed E-state index contributed by atoms with van der Waals surface area (Å²) < 4.78 is 0. The van der Waals surface area contributed by atoms with E-state index >= 15 is 0 Å². The number of carboxylic acid groups (broad SMARTS) is 1. The maximum absolute atomic E-state index is 10.6. The van der Waals surface area contributed by atoms with Gasteiger partial charge in [-0.2, -0.15) is 0 Å². The molecule has 12 heavy (non-hydrogen) atoms. The monoisotopic (exact) mass is 214 g/mol. The molecule has 0 radical (unpaired) electrons. The van der Waals surface area contributed by atoms with Crippen LogP contribution in [0, 0.1) is 0 Å². The van der Waals surface area contributed by atoms with E-state index in [1.807, 2.05) is 0 Å². The van der Waals surface area contributed by atoms with Crippen LogP contribution in [-0.4, -0.2) is 28.0 Å². The number of nitrogens with two attached hydrogens (primary N) is 2. The van der Waals surface area contributed by atoms with Crippen molar-refractivity contribution in [3.63, 3.8) is 0 Å². The second-order valence-corrected chi connectivity index (χ2v) is 3.63. The van der Waals surface area contributed by atoms with Gasteiger partial charge < -0.3 is 16.6 Å². The number of hydrogen-bond donors (Lipinski definition) is 3. The molecule has 0 aliphatic rings. The van der Waals surface area contributed by atoms with Crippen LogP contribution < -0.4 is 11.5 Å². The van der Waals surface area contributed by atoms with Crippen molar-refractivity contribution in [3.05, 3.63) is 0 Å². The van der Waals surface area contributed by atoms with Crippen LogP contribution in [0.2, 0.25) is 0 Å². The van der Waals surface area contributed by atoms with Gasteiger partial charge in [0.2, 0.25) is 0 Å². The van der Waals surface area contributed by atoms with Gasteiger partial charge in [0.05, 0.1) is 0 Å². The second-order valence-electron chi connectivity index (χ2n) is 2.54. The van der Waals surface area contributed by atoms with E-state index in [0.717, 1.165) is 0 Å². The van der Waals surface area contributed by atoms with E-state index < -0.39 is 16.3 Å². The van der Waals surface area contributed by atoms with Crippen LogP contribution in [0.3, 0.4) is 0 Å². The largest absolute Gasteiger partial charge is 0.480 e. The molecule has 6 heteroatoms. The minimum absolute atomic E-state index is 0.177. The summed E-state index contributed by atoms with van der Waals surface area (Å²) in [4.78, 5) is 9.51. The van der Waals surface area contributed by atoms with E-state index in [0.29, 0.717) is 13.0 Å². The third kappa shape index (κ3) is 2.79. The Hall–Kier alpha value is -0.0300. The van der Waals surface area contributed by atoms with Crippen molar-refractivity contribution in [3.8, 4) is 0 Å². The topological polar surface area (TPSA) is 89.3 Å². The van der Waals surface area contributed by atoms with Gasteiger partial charge in [0.1, 0.15) is 10.4 Å². The molecule has 0 amide bonds. The Morgan fingerprint density at radius 2 is 2.08 bits per heavy atom. The standard InChI is InChI=1S/C6H12Cl2N2O2/c7-4(8)6(10,5(11)12)2-1-3-9/h4H,1-3,9-10H2,(H,11,12)/t6-/m0/s1. The summed E-state index contributed by atoms with van der Waals surface area (Å²) in [6.45, 7) is 0.368. The van der Waals surface area contributed by atoms with E-state index in [2.05, 4.69) is 0 Å². The molecule has 5 N–H and O–H groups in total. The SMILES string of the molecule is NCCC[C@@](N)(C(=O)O)C(Cl)Cl. The number of carboxylic acids is 1. The van der Waals surface area contributed by atoms with Crippen LogP contribution >= 0.6 is 23.2 Å². The first-order valence-corrected chi connectivity index (χ1v) is 4.33. The number of rotatable bonds is 5. The fourth-order valence-electron chi connectivity index (χ4n) is 0.704. The van der Waals surface area contributed by atoms with E-state index in [-0.39, 0.29) is 6.42 Å². The van der Waals surface area contributed by atoms with Gasteiger partial charge in [-0.1, -0.05) is 0 Å². The Labute approximate surface area is 80.8 Å². The van der Waals surface area contributed by atoms with Crippen LogP contribution in [0.5, 0.6) is 0 Å². The van der Waals surface area contributed by atoms with E-state index in [9.17, 15) is 4.79 Å². The molecular weight excluding hydrogens is 203 g/mol. The normalized spacial score (nSPS) is 16.1. The zero-order valence-electron chi connectivity index (χ0n) is 6.46. The van der Waals surface area contributed by atoms with Crippen molar-refractivity contribution < 1.29 is 9.90 Å². The Balaban J connectivity index is 4.29. The molecule has 0 heterocycles. The second kappa shape index (κ2) is 4.87. The van der Waals surface area contributed by atoms with Crippen molar-refractivity contribution >= 4 is 29.2 Å². The summed E-state index contributed by atoms with van der Waals surface area (Å²) in [5.74, 6) is -1.20. The molecule has 0 rings (SSSR count). The lowest BCUT2D eigenvalue weighted by Crippen LogP contribution is -2.53. The predicted molar refractivity (Wildman–Crippen MR) is 48.3 cm³/mol. The van der Waals surface area contributed by atoms with Crippen LogP contribution in [0.25, 0.3) is 0 Å². The highest BCUT2D eigenvalue weighted by atomic mass is 35.5. The van der Waals surface area contributed by atoms with Crippen LogP contribution in [0.15, 0.2) is 0 Å². The zero-order chi connectivity index (χ0) is 9.78. The zero-order valence-corrected chi connectivity index (χ0v) is 7.98. The molecule has 0 spiro atoms. The average molecular weight is 215 g/mol. The number of halogens is 2.